The largest absolute Gasteiger partial charge is 0.198 e. The molecule has 6 nitrogen and oxygen atoms in total. The first-order valence-electron chi connectivity index (χ1n) is 7.37. The summed E-state index contributed by atoms with van der Waals surface area (Å²) in [7, 11) is 0. The number of rotatable bonds is 2. The number of aromatic amines is 2. The summed E-state index contributed by atoms with van der Waals surface area (Å²) < 4.78 is 0. The zero-order valence-electron chi connectivity index (χ0n) is 12.1. The summed E-state index contributed by atoms with van der Waals surface area (Å²) in [4.78, 5) is 0. The number of hydrogen-bond donors (Lipinski definition) is 2. The fraction of sp³-hybridized carbons (Fsp3) is 0.0588. The minimum atomic E-state index is 0.0489. The Kier molecular flexibility index (Phi) is 2.46. The maximum atomic E-state index is 4.34. The van der Waals surface area contributed by atoms with Crippen LogP contribution in [0.1, 0.15) is 22.7 Å². The molecule has 2 aromatic carbocycles. The molecule has 6 heteroatoms. The maximum Gasteiger partial charge on any atom is 0.113 e. The van der Waals surface area contributed by atoms with E-state index in [1.54, 1.807) is 12.4 Å². The van der Waals surface area contributed by atoms with Gasteiger partial charge in [-0.2, -0.15) is 30.8 Å². The van der Waals surface area contributed by atoms with E-state index >= 15 is 0 Å². The monoisotopic (exact) mass is 300 g/mol. The number of benzene rings is 2. The number of H-pyrrole nitrogens is 2. The van der Waals surface area contributed by atoms with Crippen molar-refractivity contribution in [3.05, 3.63) is 71.7 Å². The van der Waals surface area contributed by atoms with Gasteiger partial charge < -0.3 is 0 Å². The van der Waals surface area contributed by atoms with Crippen molar-refractivity contribution >= 4 is 0 Å². The van der Waals surface area contributed by atoms with Crippen molar-refractivity contribution in [2.75, 3.05) is 0 Å². The van der Waals surface area contributed by atoms with Gasteiger partial charge >= 0.3 is 0 Å². The fourth-order valence-corrected chi connectivity index (χ4v) is 3.47. The smallest absolute Gasteiger partial charge is 0.113 e. The van der Waals surface area contributed by atoms with Gasteiger partial charge in [-0.25, -0.2) is 0 Å². The Labute approximate surface area is 131 Å². The first kappa shape index (κ1) is 12.3. The molecule has 110 valence electrons. The van der Waals surface area contributed by atoms with Crippen LogP contribution >= 0.6 is 0 Å². The van der Waals surface area contributed by atoms with Crippen LogP contribution in [0.5, 0.6) is 0 Å². The molecule has 0 saturated heterocycles. The summed E-state index contributed by atoms with van der Waals surface area (Å²) >= 11 is 0. The number of fused-ring (bicyclic) bond motifs is 3. The van der Waals surface area contributed by atoms with Crippen LogP contribution in [0.4, 0.5) is 0 Å². The van der Waals surface area contributed by atoms with E-state index in [0.717, 1.165) is 17.0 Å². The molecule has 2 aromatic heterocycles. The molecule has 1 aliphatic rings. The number of hydrogen-bond acceptors (Lipinski definition) is 4. The van der Waals surface area contributed by atoms with Crippen molar-refractivity contribution < 1.29 is 0 Å². The molecule has 2 heterocycles. The number of nitrogens with one attached hydrogen (secondary N) is 2. The summed E-state index contributed by atoms with van der Waals surface area (Å²) in [5, 5.41) is 22.0. The van der Waals surface area contributed by atoms with Crippen molar-refractivity contribution in [1.29, 1.82) is 0 Å². The molecule has 0 aliphatic heterocycles. The normalized spacial score (nSPS) is 15.4. The second-order valence-electron chi connectivity index (χ2n) is 5.54. The van der Waals surface area contributed by atoms with E-state index in [4.69, 9.17) is 0 Å². The molecule has 1 aliphatic carbocycles. The van der Waals surface area contributed by atoms with Gasteiger partial charge in [0.15, 0.2) is 0 Å². The predicted molar refractivity (Wildman–Crippen MR) is 84.6 cm³/mol. The van der Waals surface area contributed by atoms with Crippen molar-refractivity contribution in [2.24, 2.45) is 0 Å². The highest BCUT2D eigenvalue weighted by molar-refractivity contribution is 5.86. The molecule has 0 amide bonds. The fourth-order valence-electron chi connectivity index (χ4n) is 3.47. The lowest BCUT2D eigenvalue weighted by Crippen LogP contribution is -2.02. The Morgan fingerprint density at radius 3 is 2.35 bits per heavy atom. The first-order chi connectivity index (χ1) is 11.4. The van der Waals surface area contributed by atoms with Gasteiger partial charge in [0.1, 0.15) is 5.69 Å². The Morgan fingerprint density at radius 2 is 1.52 bits per heavy atom. The third-order valence-electron chi connectivity index (χ3n) is 4.38. The second-order valence-corrected chi connectivity index (χ2v) is 5.54. The predicted octanol–water partition coefficient (Wildman–Crippen LogP) is 2.75. The standard InChI is InChI=1S/C17H12N6/c1-2-5-12-10(4-1)11-6-3-7-13(14-8-18-22-20-14)16(11)17(12)15-9-19-23-21-15/h1-9,17H,(H,18,20,22)(H,19,21,23). The minimum absolute atomic E-state index is 0.0489. The van der Waals surface area contributed by atoms with E-state index in [-0.39, 0.29) is 5.92 Å². The van der Waals surface area contributed by atoms with Gasteiger partial charge in [-0.1, -0.05) is 42.5 Å². The summed E-state index contributed by atoms with van der Waals surface area (Å²) in [6, 6.07) is 14.7. The van der Waals surface area contributed by atoms with Gasteiger partial charge in [0.25, 0.3) is 0 Å². The Bertz CT molecular complexity index is 972. The van der Waals surface area contributed by atoms with Crippen LogP contribution in [-0.2, 0) is 0 Å². The summed E-state index contributed by atoms with van der Waals surface area (Å²) in [6.07, 6.45) is 3.54. The molecule has 1 unspecified atom stereocenters. The molecular weight excluding hydrogens is 288 g/mol. The molecule has 2 N–H and O–H groups in total. The average molecular weight is 300 g/mol. The summed E-state index contributed by atoms with van der Waals surface area (Å²) in [5.74, 6) is 0.0489. The van der Waals surface area contributed by atoms with E-state index in [0.29, 0.717) is 0 Å². The zero-order valence-corrected chi connectivity index (χ0v) is 12.1. The second kappa shape index (κ2) is 4.61. The molecule has 0 spiro atoms. The van der Waals surface area contributed by atoms with Crippen LogP contribution in [-0.4, -0.2) is 30.8 Å². The van der Waals surface area contributed by atoms with Crippen molar-refractivity contribution in [3.63, 3.8) is 0 Å². The van der Waals surface area contributed by atoms with Gasteiger partial charge in [-0.3, -0.25) is 0 Å². The molecule has 0 saturated carbocycles. The molecular formula is C17H12N6. The first-order valence-corrected chi connectivity index (χ1v) is 7.37. The summed E-state index contributed by atoms with van der Waals surface area (Å²) in [6.45, 7) is 0. The quantitative estimate of drug-likeness (QED) is 0.525. The van der Waals surface area contributed by atoms with Crippen LogP contribution in [0, 0.1) is 0 Å². The van der Waals surface area contributed by atoms with Gasteiger partial charge in [0.2, 0.25) is 0 Å². The lowest BCUT2D eigenvalue weighted by Gasteiger charge is -2.13. The molecule has 1 atom stereocenters. The van der Waals surface area contributed by atoms with Gasteiger partial charge in [0.05, 0.1) is 24.0 Å². The SMILES string of the molecule is c1ccc2c(c1)-c1cccc(-c3cn[nH]n3)c1C2c1cn[nH]n1. The van der Waals surface area contributed by atoms with Crippen LogP contribution in [0.3, 0.4) is 0 Å². The highest BCUT2D eigenvalue weighted by Crippen LogP contribution is 2.50. The lowest BCUT2D eigenvalue weighted by molar-refractivity contribution is 0.881. The van der Waals surface area contributed by atoms with E-state index in [2.05, 4.69) is 73.3 Å². The van der Waals surface area contributed by atoms with E-state index in [1.165, 1.54) is 22.3 Å². The molecule has 0 radical (unpaired) electrons. The van der Waals surface area contributed by atoms with Crippen LogP contribution in [0.15, 0.2) is 54.9 Å². The van der Waals surface area contributed by atoms with Crippen molar-refractivity contribution in [1.82, 2.24) is 30.8 Å². The number of aromatic nitrogens is 6. The van der Waals surface area contributed by atoms with E-state index in [1.807, 2.05) is 0 Å². The van der Waals surface area contributed by atoms with E-state index < -0.39 is 0 Å². The maximum absolute atomic E-state index is 4.34. The van der Waals surface area contributed by atoms with Crippen molar-refractivity contribution in [3.8, 4) is 22.4 Å². The van der Waals surface area contributed by atoms with E-state index in [9.17, 15) is 0 Å². The molecule has 23 heavy (non-hydrogen) atoms. The molecule has 4 aromatic rings. The lowest BCUT2D eigenvalue weighted by atomic mass is 9.89. The molecule has 0 bridgehead atoms. The minimum Gasteiger partial charge on any atom is -0.198 e. The molecule has 0 fully saturated rings. The third kappa shape index (κ3) is 1.69. The topological polar surface area (TPSA) is 83.1 Å². The van der Waals surface area contributed by atoms with Crippen LogP contribution < -0.4 is 0 Å². The van der Waals surface area contributed by atoms with Crippen LogP contribution in [0.2, 0.25) is 0 Å². The van der Waals surface area contributed by atoms with Gasteiger partial charge in [-0.05, 0) is 22.3 Å². The van der Waals surface area contributed by atoms with Crippen molar-refractivity contribution in [2.45, 2.75) is 5.92 Å². The Balaban J connectivity index is 1.85. The Hall–Kier alpha value is -3.28. The highest BCUT2D eigenvalue weighted by Gasteiger charge is 2.33. The Morgan fingerprint density at radius 1 is 0.739 bits per heavy atom. The van der Waals surface area contributed by atoms with Gasteiger partial charge in [-0.15, -0.1) is 0 Å². The highest BCUT2D eigenvalue weighted by atomic mass is 15.3. The van der Waals surface area contributed by atoms with Crippen LogP contribution in [0.25, 0.3) is 22.4 Å². The number of nitrogens with zero attached hydrogens (tertiary/aromatic N) is 4. The van der Waals surface area contributed by atoms with Gasteiger partial charge in [0, 0.05) is 5.56 Å². The zero-order chi connectivity index (χ0) is 15.2. The average Bonchev–Trinajstić information content (AvgIpc) is 3.33. The summed E-state index contributed by atoms with van der Waals surface area (Å²) in [5.41, 5.74) is 7.72. The third-order valence-corrected chi connectivity index (χ3v) is 4.38. The molecule has 5 rings (SSSR count).